The average molecular weight is 326 g/mol. The second-order valence-corrected chi connectivity index (χ2v) is 5.97. The fourth-order valence-electron chi connectivity index (χ4n) is 1.52. The number of aliphatic imine (C=N–C) groups is 1. The van der Waals surface area contributed by atoms with Crippen molar-refractivity contribution >= 4 is 34.5 Å². The molecule has 0 aromatic carbocycles. The average Bonchev–Trinajstić information content (AvgIpc) is 2.90. The fourth-order valence-corrected chi connectivity index (χ4v) is 2.98. The number of nitrogens with zero attached hydrogens (tertiary/aromatic N) is 3. The van der Waals surface area contributed by atoms with Crippen molar-refractivity contribution in [3.8, 4) is 6.07 Å². The van der Waals surface area contributed by atoms with Gasteiger partial charge in [-0.25, -0.2) is 4.98 Å². The Kier molecular flexibility index (Phi) is 7.93. The van der Waals surface area contributed by atoms with E-state index >= 15 is 0 Å². The van der Waals surface area contributed by atoms with E-state index in [0.29, 0.717) is 11.6 Å². The standard InChI is InChI=1S/C13H18N4O2S2/c1-9-11(17-8-16-9)7-21-5-4-15-12(20-3)10(6-14)13(18)19-2/h8,10H,4-5,7H2,1-3H3,(H,16,17). The van der Waals surface area contributed by atoms with Crippen LogP contribution in [0.3, 0.4) is 0 Å². The molecule has 0 fully saturated rings. The van der Waals surface area contributed by atoms with Gasteiger partial charge in [-0.1, -0.05) is 0 Å². The first kappa shape index (κ1) is 17.6. The van der Waals surface area contributed by atoms with Crippen LogP contribution in [0.2, 0.25) is 0 Å². The zero-order chi connectivity index (χ0) is 15.7. The first-order valence-corrected chi connectivity index (χ1v) is 8.64. The summed E-state index contributed by atoms with van der Waals surface area (Å²) in [6, 6.07) is 1.93. The molecular formula is C13H18N4O2S2. The highest BCUT2D eigenvalue weighted by Gasteiger charge is 2.24. The van der Waals surface area contributed by atoms with Crippen LogP contribution in [0.4, 0.5) is 0 Å². The number of hydrogen-bond donors (Lipinski definition) is 1. The Morgan fingerprint density at radius 2 is 2.43 bits per heavy atom. The lowest BCUT2D eigenvalue weighted by molar-refractivity contribution is -0.141. The molecule has 0 amide bonds. The predicted molar refractivity (Wildman–Crippen MR) is 86.4 cm³/mol. The number of thioether (sulfide) groups is 2. The van der Waals surface area contributed by atoms with E-state index in [9.17, 15) is 4.79 Å². The van der Waals surface area contributed by atoms with Crippen LogP contribution in [0.1, 0.15) is 11.4 Å². The minimum atomic E-state index is -0.927. The van der Waals surface area contributed by atoms with Gasteiger partial charge in [-0.15, -0.1) is 11.8 Å². The molecule has 1 atom stereocenters. The van der Waals surface area contributed by atoms with Crippen molar-refractivity contribution in [3.05, 3.63) is 17.7 Å². The molecule has 114 valence electrons. The number of methoxy groups -OCH3 is 1. The van der Waals surface area contributed by atoms with E-state index in [1.165, 1.54) is 18.9 Å². The van der Waals surface area contributed by atoms with Crippen molar-refractivity contribution in [2.75, 3.05) is 25.7 Å². The SMILES string of the molecule is COC(=O)C(C#N)C(=NCCSCc1nc[nH]c1C)SC. The van der Waals surface area contributed by atoms with Crippen LogP contribution in [0.5, 0.6) is 0 Å². The van der Waals surface area contributed by atoms with Crippen LogP contribution in [0.15, 0.2) is 11.3 Å². The fraction of sp³-hybridized carbons (Fsp3) is 0.538. The maximum absolute atomic E-state index is 11.5. The van der Waals surface area contributed by atoms with Gasteiger partial charge in [-0.2, -0.15) is 17.0 Å². The Bertz CT molecular complexity index is 537. The van der Waals surface area contributed by atoms with E-state index < -0.39 is 11.9 Å². The number of aromatic amines is 1. The van der Waals surface area contributed by atoms with E-state index in [-0.39, 0.29) is 0 Å². The maximum Gasteiger partial charge on any atom is 0.329 e. The molecule has 1 aromatic heterocycles. The minimum Gasteiger partial charge on any atom is -0.468 e. The largest absolute Gasteiger partial charge is 0.468 e. The lowest BCUT2D eigenvalue weighted by atomic mass is 10.2. The molecule has 0 saturated carbocycles. The highest BCUT2D eigenvalue weighted by Crippen LogP contribution is 2.15. The molecule has 0 bridgehead atoms. The lowest BCUT2D eigenvalue weighted by Crippen LogP contribution is -2.22. The molecule has 8 heteroatoms. The summed E-state index contributed by atoms with van der Waals surface area (Å²) in [5, 5.41) is 9.53. The number of aryl methyl sites for hydroxylation is 1. The Hall–Kier alpha value is -1.46. The molecule has 0 aliphatic carbocycles. The van der Waals surface area contributed by atoms with Crippen molar-refractivity contribution in [2.45, 2.75) is 12.7 Å². The molecule has 1 aromatic rings. The van der Waals surface area contributed by atoms with Crippen LogP contribution in [0, 0.1) is 24.2 Å². The van der Waals surface area contributed by atoms with Crippen LogP contribution in [-0.4, -0.2) is 46.6 Å². The van der Waals surface area contributed by atoms with Crippen LogP contribution < -0.4 is 0 Å². The van der Waals surface area contributed by atoms with Crippen molar-refractivity contribution < 1.29 is 9.53 Å². The summed E-state index contributed by atoms with van der Waals surface area (Å²) in [4.78, 5) is 23.1. The van der Waals surface area contributed by atoms with Crippen molar-refractivity contribution in [2.24, 2.45) is 10.9 Å². The summed E-state index contributed by atoms with van der Waals surface area (Å²) in [7, 11) is 1.27. The Balaban J connectivity index is 2.44. The summed E-state index contributed by atoms with van der Waals surface area (Å²) >= 11 is 3.02. The van der Waals surface area contributed by atoms with Gasteiger partial charge in [0.25, 0.3) is 0 Å². The normalized spacial score (nSPS) is 12.8. The van der Waals surface area contributed by atoms with Gasteiger partial charge in [-0.05, 0) is 13.2 Å². The Morgan fingerprint density at radius 3 is 2.95 bits per heavy atom. The van der Waals surface area contributed by atoms with Gasteiger partial charge in [0, 0.05) is 23.7 Å². The number of carbonyl (C=O) groups is 1. The van der Waals surface area contributed by atoms with E-state index in [1.807, 2.05) is 13.0 Å². The number of nitrogens with one attached hydrogen (secondary N) is 1. The van der Waals surface area contributed by atoms with Crippen molar-refractivity contribution in [3.63, 3.8) is 0 Å². The quantitative estimate of drug-likeness (QED) is 0.357. The topological polar surface area (TPSA) is 91.1 Å². The molecular weight excluding hydrogens is 308 g/mol. The number of H-pyrrole nitrogens is 1. The zero-order valence-electron chi connectivity index (χ0n) is 12.3. The molecule has 1 rings (SSSR count). The Morgan fingerprint density at radius 1 is 1.67 bits per heavy atom. The lowest BCUT2D eigenvalue weighted by Gasteiger charge is -2.08. The number of ether oxygens (including phenoxy) is 1. The number of hydrogen-bond acceptors (Lipinski definition) is 7. The van der Waals surface area contributed by atoms with Crippen molar-refractivity contribution in [1.82, 2.24) is 9.97 Å². The predicted octanol–water partition coefficient (Wildman–Crippen LogP) is 2.03. The summed E-state index contributed by atoms with van der Waals surface area (Å²) in [5.41, 5.74) is 2.12. The molecule has 0 saturated heterocycles. The second-order valence-electron chi connectivity index (χ2n) is 4.04. The summed E-state index contributed by atoms with van der Waals surface area (Å²) < 4.78 is 4.60. The third-order valence-corrected chi connectivity index (χ3v) is 4.43. The summed E-state index contributed by atoms with van der Waals surface area (Å²) in [5.74, 6) is 0.127. The minimum absolute atomic E-state index is 0.501. The zero-order valence-corrected chi connectivity index (χ0v) is 13.9. The molecule has 6 nitrogen and oxygen atoms in total. The van der Waals surface area contributed by atoms with E-state index in [2.05, 4.69) is 19.7 Å². The molecule has 0 radical (unpaired) electrons. The first-order valence-electron chi connectivity index (χ1n) is 6.26. The monoisotopic (exact) mass is 326 g/mol. The van der Waals surface area contributed by atoms with Crippen LogP contribution in [0.25, 0.3) is 0 Å². The Labute approximate surface area is 132 Å². The second kappa shape index (κ2) is 9.47. The smallest absolute Gasteiger partial charge is 0.329 e. The molecule has 1 heterocycles. The number of esters is 1. The van der Waals surface area contributed by atoms with Gasteiger partial charge in [0.2, 0.25) is 0 Å². The first-order chi connectivity index (χ1) is 10.1. The molecule has 1 unspecified atom stereocenters. The molecule has 0 aliphatic heterocycles. The van der Waals surface area contributed by atoms with Gasteiger partial charge in [0.05, 0.1) is 30.2 Å². The summed E-state index contributed by atoms with van der Waals surface area (Å²) in [6.07, 6.45) is 3.48. The molecule has 0 spiro atoms. The molecule has 1 N–H and O–H groups in total. The van der Waals surface area contributed by atoms with Gasteiger partial charge in [0.15, 0.2) is 5.92 Å². The van der Waals surface area contributed by atoms with E-state index in [0.717, 1.165) is 22.9 Å². The highest BCUT2D eigenvalue weighted by molar-refractivity contribution is 8.13. The van der Waals surface area contributed by atoms with Gasteiger partial charge < -0.3 is 9.72 Å². The third-order valence-electron chi connectivity index (χ3n) is 2.70. The van der Waals surface area contributed by atoms with E-state index in [4.69, 9.17) is 5.26 Å². The van der Waals surface area contributed by atoms with Crippen molar-refractivity contribution in [1.29, 1.82) is 5.26 Å². The third kappa shape index (κ3) is 5.44. The van der Waals surface area contributed by atoms with Crippen LogP contribution in [-0.2, 0) is 15.3 Å². The van der Waals surface area contributed by atoms with Gasteiger partial charge in [0.1, 0.15) is 0 Å². The van der Waals surface area contributed by atoms with Gasteiger partial charge >= 0.3 is 5.97 Å². The number of rotatable bonds is 7. The molecule has 0 aliphatic rings. The number of nitriles is 1. The van der Waals surface area contributed by atoms with E-state index in [1.54, 1.807) is 24.3 Å². The number of imidazole rings is 1. The van der Waals surface area contributed by atoms with Crippen LogP contribution >= 0.6 is 23.5 Å². The highest BCUT2D eigenvalue weighted by atomic mass is 32.2. The number of aromatic nitrogens is 2. The maximum atomic E-state index is 11.5. The summed E-state index contributed by atoms with van der Waals surface area (Å²) in [6.45, 7) is 2.54. The van der Waals surface area contributed by atoms with Gasteiger partial charge in [-0.3, -0.25) is 9.79 Å². The number of carbonyl (C=O) groups excluding carboxylic acids is 1. The molecule has 21 heavy (non-hydrogen) atoms.